The van der Waals surface area contributed by atoms with Crippen molar-refractivity contribution in [2.75, 3.05) is 38.1 Å². The lowest BCUT2D eigenvalue weighted by Crippen LogP contribution is -2.53. The molecule has 7 nitrogen and oxygen atoms in total. The van der Waals surface area contributed by atoms with E-state index in [9.17, 15) is 9.59 Å². The first kappa shape index (κ1) is 18.8. The van der Waals surface area contributed by atoms with Gasteiger partial charge in [-0.3, -0.25) is 14.5 Å². The topological polar surface area (TPSA) is 61.7 Å². The number of aromatic nitrogens is 2. The molecule has 3 atom stereocenters. The number of piperidine rings is 1. The van der Waals surface area contributed by atoms with Gasteiger partial charge in [-0.25, -0.2) is 4.98 Å². The van der Waals surface area contributed by atoms with Gasteiger partial charge in [-0.15, -0.1) is 11.3 Å². The Morgan fingerprint density at radius 2 is 2.03 bits per heavy atom. The van der Waals surface area contributed by atoms with Crippen molar-refractivity contribution in [1.82, 2.24) is 19.4 Å². The van der Waals surface area contributed by atoms with Crippen LogP contribution in [0, 0.1) is 5.92 Å². The number of carbonyl (C=O) groups is 1. The first-order valence-corrected chi connectivity index (χ1v) is 11.2. The summed E-state index contributed by atoms with van der Waals surface area (Å²) >= 11 is 1.68. The van der Waals surface area contributed by atoms with Gasteiger partial charge < -0.3 is 14.4 Å². The molecule has 0 unspecified atom stereocenters. The summed E-state index contributed by atoms with van der Waals surface area (Å²) in [5.41, 5.74) is 2.08. The Balaban J connectivity index is 1.38. The summed E-state index contributed by atoms with van der Waals surface area (Å²) in [5.74, 6) is 0.973. The number of carbonyl (C=O) groups excluding carboxylic acids is 1. The highest BCUT2D eigenvalue weighted by molar-refractivity contribution is 7.13. The van der Waals surface area contributed by atoms with Crippen molar-refractivity contribution < 1.29 is 4.79 Å². The second-order valence-corrected chi connectivity index (χ2v) is 9.61. The van der Waals surface area contributed by atoms with Gasteiger partial charge in [0.2, 0.25) is 5.91 Å². The van der Waals surface area contributed by atoms with Crippen LogP contribution in [0.25, 0.3) is 0 Å². The van der Waals surface area contributed by atoms with Crippen LogP contribution < -0.4 is 10.5 Å². The Morgan fingerprint density at radius 3 is 2.79 bits per heavy atom. The van der Waals surface area contributed by atoms with Crippen LogP contribution in [-0.2, 0) is 17.9 Å². The third-order valence-corrected chi connectivity index (χ3v) is 7.53. The number of nitrogens with zero attached hydrogens (tertiary/aromatic N) is 5. The van der Waals surface area contributed by atoms with Crippen molar-refractivity contribution in [2.24, 2.45) is 5.92 Å². The quantitative estimate of drug-likeness (QED) is 0.765. The first-order valence-electron chi connectivity index (χ1n) is 10.3. The van der Waals surface area contributed by atoms with Crippen LogP contribution in [0.1, 0.15) is 30.5 Å². The molecule has 3 aliphatic heterocycles. The smallest absolute Gasteiger partial charge is 0.255 e. The van der Waals surface area contributed by atoms with Gasteiger partial charge in [0.05, 0.1) is 6.54 Å². The zero-order chi connectivity index (χ0) is 20.1. The van der Waals surface area contributed by atoms with E-state index in [4.69, 9.17) is 0 Å². The molecule has 29 heavy (non-hydrogen) atoms. The van der Waals surface area contributed by atoms with Gasteiger partial charge >= 0.3 is 0 Å². The molecule has 2 bridgehead atoms. The van der Waals surface area contributed by atoms with Gasteiger partial charge in [-0.2, -0.15) is 0 Å². The van der Waals surface area contributed by atoms with E-state index in [2.05, 4.69) is 27.8 Å². The molecule has 2 fully saturated rings. The number of fused-ring (bicyclic) bond motifs is 4. The molecule has 2 aromatic rings. The van der Waals surface area contributed by atoms with Crippen molar-refractivity contribution >= 4 is 22.4 Å². The van der Waals surface area contributed by atoms with Crippen LogP contribution in [0.15, 0.2) is 28.5 Å². The number of anilines is 1. The van der Waals surface area contributed by atoms with Crippen LogP contribution in [-0.4, -0.2) is 64.5 Å². The Labute approximate surface area is 174 Å². The summed E-state index contributed by atoms with van der Waals surface area (Å²) in [6.45, 7) is 6.45. The van der Waals surface area contributed by atoms with Crippen molar-refractivity contribution in [1.29, 1.82) is 0 Å². The predicted octanol–water partition coefficient (Wildman–Crippen LogP) is 1.59. The lowest BCUT2D eigenvalue weighted by atomic mass is 9.83. The van der Waals surface area contributed by atoms with Crippen molar-refractivity contribution in [2.45, 2.75) is 38.4 Å². The SMILES string of the molecule is C[C@@H]1CN(Cc2ccc3n(c2=O)C[C@H]2C[C@@H]3CN(c3nccs3)C2)CC(=O)N1C. The van der Waals surface area contributed by atoms with E-state index in [0.717, 1.165) is 49.0 Å². The summed E-state index contributed by atoms with van der Waals surface area (Å²) in [7, 11) is 1.85. The summed E-state index contributed by atoms with van der Waals surface area (Å²) < 4.78 is 2.01. The molecule has 0 saturated carbocycles. The molecule has 0 N–H and O–H groups in total. The Hall–Kier alpha value is -2.19. The molecule has 5 heterocycles. The molecule has 0 spiro atoms. The van der Waals surface area contributed by atoms with E-state index in [1.54, 1.807) is 16.2 Å². The van der Waals surface area contributed by atoms with E-state index >= 15 is 0 Å². The van der Waals surface area contributed by atoms with Crippen molar-refractivity contribution in [3.05, 3.63) is 45.3 Å². The Kier molecular flexibility index (Phi) is 4.70. The number of likely N-dealkylation sites (N-methyl/N-ethyl adjacent to an activating group) is 1. The number of amides is 1. The average Bonchev–Trinajstić information content (AvgIpc) is 3.23. The van der Waals surface area contributed by atoms with Gasteiger partial charge in [0.15, 0.2) is 5.13 Å². The van der Waals surface area contributed by atoms with E-state index in [1.165, 1.54) is 0 Å². The molecule has 0 radical (unpaired) electrons. The largest absolute Gasteiger partial charge is 0.347 e. The maximum absolute atomic E-state index is 13.3. The molecule has 1 amide bonds. The number of hydrogen-bond acceptors (Lipinski definition) is 6. The first-order chi connectivity index (χ1) is 14.0. The van der Waals surface area contributed by atoms with Crippen molar-refractivity contribution in [3.8, 4) is 0 Å². The second kappa shape index (κ2) is 7.25. The molecule has 5 rings (SSSR count). The monoisotopic (exact) mass is 413 g/mol. The molecule has 2 aromatic heterocycles. The standard InChI is InChI=1S/C21H27N5O2S/c1-14-8-24(13-19(27)23(14)2)11-16-3-4-18-17-7-15(10-26(18)20(16)28)9-25(12-17)21-22-5-6-29-21/h3-6,14-15,17H,7-13H2,1-2H3/t14-,15+,17-/m1/s1. The van der Waals surface area contributed by atoms with Crippen LogP contribution in [0.2, 0.25) is 0 Å². The Morgan fingerprint density at radius 1 is 1.17 bits per heavy atom. The maximum atomic E-state index is 13.3. The number of piperazine rings is 1. The summed E-state index contributed by atoms with van der Waals surface area (Å²) in [4.78, 5) is 36.2. The van der Waals surface area contributed by atoms with Crippen molar-refractivity contribution in [3.63, 3.8) is 0 Å². The normalized spacial score (nSPS) is 27.2. The third kappa shape index (κ3) is 3.38. The fourth-order valence-electron chi connectivity index (χ4n) is 5.11. The number of rotatable bonds is 3. The van der Waals surface area contributed by atoms with Crippen LogP contribution in [0.4, 0.5) is 5.13 Å². The third-order valence-electron chi connectivity index (χ3n) is 6.70. The van der Waals surface area contributed by atoms with Crippen LogP contribution in [0.5, 0.6) is 0 Å². The van der Waals surface area contributed by atoms with Gasteiger partial charge in [-0.05, 0) is 25.3 Å². The molecule has 0 aromatic carbocycles. The molecule has 3 aliphatic rings. The lowest BCUT2D eigenvalue weighted by molar-refractivity contribution is -0.137. The maximum Gasteiger partial charge on any atom is 0.255 e. The summed E-state index contributed by atoms with van der Waals surface area (Å²) in [6.07, 6.45) is 3.00. The second-order valence-electron chi connectivity index (χ2n) is 8.74. The summed E-state index contributed by atoms with van der Waals surface area (Å²) in [6, 6.07) is 4.31. The van der Waals surface area contributed by atoms with Gasteiger partial charge in [0.1, 0.15) is 0 Å². The van der Waals surface area contributed by atoms with E-state index < -0.39 is 0 Å². The lowest BCUT2D eigenvalue weighted by Gasteiger charge is -2.43. The minimum absolute atomic E-state index is 0.124. The van der Waals surface area contributed by atoms with E-state index in [1.807, 2.05) is 29.3 Å². The number of hydrogen-bond donors (Lipinski definition) is 0. The van der Waals surface area contributed by atoms with E-state index in [-0.39, 0.29) is 17.5 Å². The van der Waals surface area contributed by atoms with Gasteiger partial charge in [0, 0.05) is 74.6 Å². The van der Waals surface area contributed by atoms with Crippen LogP contribution in [0.3, 0.4) is 0 Å². The van der Waals surface area contributed by atoms with Gasteiger partial charge in [0.25, 0.3) is 5.56 Å². The molecule has 0 aliphatic carbocycles. The molecule has 2 saturated heterocycles. The number of pyridine rings is 1. The highest BCUT2D eigenvalue weighted by Crippen LogP contribution is 2.37. The average molecular weight is 414 g/mol. The van der Waals surface area contributed by atoms with Crippen LogP contribution >= 0.6 is 11.3 Å². The Bertz CT molecular complexity index is 972. The molecule has 154 valence electrons. The fourth-order valence-corrected chi connectivity index (χ4v) is 5.77. The zero-order valence-corrected chi connectivity index (χ0v) is 17.8. The molecular formula is C21H27N5O2S. The van der Waals surface area contributed by atoms with E-state index in [0.29, 0.717) is 24.9 Å². The molecule has 8 heteroatoms. The minimum Gasteiger partial charge on any atom is -0.347 e. The van der Waals surface area contributed by atoms with Gasteiger partial charge in [-0.1, -0.05) is 6.07 Å². The highest BCUT2D eigenvalue weighted by atomic mass is 32.1. The highest BCUT2D eigenvalue weighted by Gasteiger charge is 2.36. The molecular weight excluding hydrogens is 386 g/mol. The predicted molar refractivity (Wildman–Crippen MR) is 113 cm³/mol. The fraction of sp³-hybridized carbons (Fsp3) is 0.571. The minimum atomic E-state index is 0.124. The zero-order valence-electron chi connectivity index (χ0n) is 17.0. The number of thiazole rings is 1. The summed E-state index contributed by atoms with van der Waals surface area (Å²) in [5, 5.41) is 3.11.